The van der Waals surface area contributed by atoms with E-state index in [0.717, 1.165) is 44.4 Å². The average molecular weight is 292 g/mol. The van der Waals surface area contributed by atoms with Crippen molar-refractivity contribution in [1.29, 1.82) is 0 Å². The molecule has 2 saturated heterocycles. The van der Waals surface area contributed by atoms with E-state index >= 15 is 0 Å². The lowest BCUT2D eigenvalue weighted by atomic mass is 9.86. The van der Waals surface area contributed by atoms with Crippen molar-refractivity contribution in [2.75, 3.05) is 26.2 Å². The van der Waals surface area contributed by atoms with Crippen molar-refractivity contribution in [2.45, 2.75) is 31.2 Å². The van der Waals surface area contributed by atoms with Crippen LogP contribution >= 0.6 is 0 Å². The molecule has 2 aliphatic rings. The molecular weight excluding hydrogens is 271 g/mol. The Bertz CT molecular complexity index is 531. The van der Waals surface area contributed by atoms with E-state index in [1.54, 1.807) is 11.0 Å². The fraction of sp³-hybridized carbons (Fsp3) is 0.562. The number of aromatic hydroxyl groups is 1. The normalized spacial score (nSPS) is 26.4. The summed E-state index contributed by atoms with van der Waals surface area (Å²) in [6.45, 7) is 3.53. The highest BCUT2D eigenvalue weighted by atomic mass is 19.1. The zero-order chi connectivity index (χ0) is 14.9. The monoisotopic (exact) mass is 292 g/mol. The smallest absolute Gasteiger partial charge is 0.210 e. The Morgan fingerprint density at radius 3 is 2.67 bits per heavy atom. The molecule has 114 valence electrons. The molecule has 0 aliphatic carbocycles. The molecule has 2 aliphatic heterocycles. The molecule has 1 aromatic carbocycles. The minimum atomic E-state index is -0.619. The van der Waals surface area contributed by atoms with Gasteiger partial charge in [0.1, 0.15) is 0 Å². The zero-order valence-corrected chi connectivity index (χ0v) is 12.1. The van der Waals surface area contributed by atoms with Gasteiger partial charge in [0.2, 0.25) is 6.41 Å². The highest BCUT2D eigenvalue weighted by molar-refractivity contribution is 5.52. The summed E-state index contributed by atoms with van der Waals surface area (Å²) in [6, 6.07) is 4.52. The first-order chi connectivity index (χ1) is 10.2. The van der Waals surface area contributed by atoms with Crippen LogP contribution in [0.15, 0.2) is 18.2 Å². The average Bonchev–Trinajstić information content (AvgIpc) is 3.12. The zero-order valence-electron chi connectivity index (χ0n) is 12.1. The Labute approximate surface area is 124 Å². The van der Waals surface area contributed by atoms with Crippen LogP contribution in [0.25, 0.3) is 0 Å². The summed E-state index contributed by atoms with van der Waals surface area (Å²) >= 11 is 0. The van der Waals surface area contributed by atoms with Gasteiger partial charge in [-0.3, -0.25) is 4.79 Å². The standard InChI is InChI=1S/C16H21FN2O2/c17-14-10-13(4-5-15(14)21)16(6-3-9-19(16)12-20)11-18-7-1-2-8-18/h4-5,10,12,21H,1-3,6-9,11H2/t16-/m1/s1. The van der Waals surface area contributed by atoms with E-state index in [1.165, 1.54) is 25.0 Å². The number of phenolic OH excluding ortho intramolecular Hbond substituents is 1. The van der Waals surface area contributed by atoms with Crippen molar-refractivity contribution in [3.63, 3.8) is 0 Å². The number of hydrogen-bond donors (Lipinski definition) is 1. The van der Waals surface area contributed by atoms with Crippen molar-refractivity contribution in [2.24, 2.45) is 0 Å². The van der Waals surface area contributed by atoms with E-state index in [-0.39, 0.29) is 5.75 Å². The summed E-state index contributed by atoms with van der Waals surface area (Å²) in [5.41, 5.74) is 0.329. The molecule has 1 aromatic rings. The van der Waals surface area contributed by atoms with Crippen LogP contribution in [0.4, 0.5) is 4.39 Å². The SMILES string of the molecule is O=CN1CCC[C@@]1(CN1CCCC1)c1ccc(O)c(F)c1. The lowest BCUT2D eigenvalue weighted by Crippen LogP contribution is -2.48. The van der Waals surface area contributed by atoms with Gasteiger partial charge in [-0.15, -0.1) is 0 Å². The Hall–Kier alpha value is -1.62. The lowest BCUT2D eigenvalue weighted by molar-refractivity contribution is -0.122. The van der Waals surface area contributed by atoms with Gasteiger partial charge >= 0.3 is 0 Å². The summed E-state index contributed by atoms with van der Waals surface area (Å²) < 4.78 is 13.8. The Morgan fingerprint density at radius 1 is 1.24 bits per heavy atom. The van der Waals surface area contributed by atoms with Gasteiger partial charge in [-0.1, -0.05) is 6.07 Å². The van der Waals surface area contributed by atoms with Crippen LogP contribution in [0, 0.1) is 5.82 Å². The van der Waals surface area contributed by atoms with E-state index in [4.69, 9.17) is 0 Å². The summed E-state index contributed by atoms with van der Waals surface area (Å²) in [5, 5.41) is 9.41. The maximum atomic E-state index is 13.8. The quantitative estimate of drug-likeness (QED) is 0.864. The highest BCUT2D eigenvalue weighted by Crippen LogP contribution is 2.40. The molecule has 0 unspecified atom stereocenters. The summed E-state index contributed by atoms with van der Waals surface area (Å²) in [6.07, 6.45) is 5.01. The molecule has 2 heterocycles. The van der Waals surface area contributed by atoms with Crippen LogP contribution in [-0.2, 0) is 10.3 Å². The van der Waals surface area contributed by atoms with E-state index < -0.39 is 11.4 Å². The van der Waals surface area contributed by atoms with Gasteiger partial charge in [-0.05, 0) is 56.5 Å². The number of likely N-dealkylation sites (tertiary alicyclic amines) is 2. The Kier molecular flexibility index (Phi) is 3.85. The van der Waals surface area contributed by atoms with Crippen LogP contribution in [0.3, 0.4) is 0 Å². The summed E-state index contributed by atoms with van der Waals surface area (Å²) in [7, 11) is 0. The van der Waals surface area contributed by atoms with Crippen molar-refractivity contribution >= 4 is 6.41 Å². The molecule has 0 bridgehead atoms. The molecular formula is C16H21FN2O2. The van der Waals surface area contributed by atoms with E-state index in [0.29, 0.717) is 6.54 Å². The maximum absolute atomic E-state index is 13.8. The first-order valence-corrected chi connectivity index (χ1v) is 7.59. The van der Waals surface area contributed by atoms with Crippen molar-refractivity contribution in [3.05, 3.63) is 29.6 Å². The van der Waals surface area contributed by atoms with Crippen LogP contribution in [0.2, 0.25) is 0 Å². The molecule has 0 radical (unpaired) electrons. The fourth-order valence-corrected chi connectivity index (χ4v) is 3.73. The highest BCUT2D eigenvalue weighted by Gasteiger charge is 2.43. The van der Waals surface area contributed by atoms with Crippen molar-refractivity contribution in [3.8, 4) is 5.75 Å². The van der Waals surface area contributed by atoms with Crippen molar-refractivity contribution < 1.29 is 14.3 Å². The third-order valence-corrected chi connectivity index (χ3v) is 4.84. The van der Waals surface area contributed by atoms with Gasteiger partial charge in [0, 0.05) is 13.1 Å². The number of rotatable bonds is 4. The van der Waals surface area contributed by atoms with E-state index in [2.05, 4.69) is 4.90 Å². The molecule has 2 fully saturated rings. The van der Waals surface area contributed by atoms with E-state index in [9.17, 15) is 14.3 Å². The van der Waals surface area contributed by atoms with Crippen LogP contribution < -0.4 is 0 Å². The molecule has 5 heteroatoms. The number of amides is 1. The molecule has 4 nitrogen and oxygen atoms in total. The van der Waals surface area contributed by atoms with Gasteiger partial charge in [-0.25, -0.2) is 4.39 Å². The number of benzene rings is 1. The van der Waals surface area contributed by atoms with Gasteiger partial charge < -0.3 is 14.9 Å². The minimum absolute atomic E-state index is 0.342. The number of phenols is 1. The lowest BCUT2D eigenvalue weighted by Gasteiger charge is -2.40. The molecule has 0 aromatic heterocycles. The van der Waals surface area contributed by atoms with Crippen molar-refractivity contribution in [1.82, 2.24) is 9.80 Å². The van der Waals surface area contributed by atoms with Gasteiger partial charge in [-0.2, -0.15) is 0 Å². The second-order valence-corrected chi connectivity index (χ2v) is 6.08. The Balaban J connectivity index is 1.98. The van der Waals surface area contributed by atoms with Gasteiger partial charge in [0.05, 0.1) is 5.54 Å². The topological polar surface area (TPSA) is 43.8 Å². The van der Waals surface area contributed by atoms with Gasteiger partial charge in [0.15, 0.2) is 11.6 Å². The first kappa shape index (κ1) is 14.3. The number of carbonyl (C=O) groups excluding carboxylic acids is 1. The summed E-state index contributed by atoms with van der Waals surface area (Å²) in [5.74, 6) is -0.961. The molecule has 21 heavy (non-hydrogen) atoms. The number of carbonyl (C=O) groups is 1. The van der Waals surface area contributed by atoms with Crippen LogP contribution in [0.1, 0.15) is 31.2 Å². The Morgan fingerprint density at radius 2 is 2.00 bits per heavy atom. The number of halogens is 1. The molecule has 0 spiro atoms. The molecule has 0 saturated carbocycles. The number of nitrogens with zero attached hydrogens (tertiary/aromatic N) is 2. The predicted octanol–water partition coefficient (Wildman–Crippen LogP) is 2.07. The van der Waals surface area contributed by atoms with Crippen LogP contribution in [0.5, 0.6) is 5.75 Å². The summed E-state index contributed by atoms with van der Waals surface area (Å²) in [4.78, 5) is 15.6. The van der Waals surface area contributed by atoms with E-state index in [1.807, 2.05) is 0 Å². The molecule has 1 atom stereocenters. The maximum Gasteiger partial charge on any atom is 0.210 e. The fourth-order valence-electron chi connectivity index (χ4n) is 3.73. The first-order valence-electron chi connectivity index (χ1n) is 7.59. The molecule has 1 N–H and O–H groups in total. The largest absolute Gasteiger partial charge is 0.505 e. The molecule has 1 amide bonds. The third kappa shape index (κ3) is 2.50. The third-order valence-electron chi connectivity index (χ3n) is 4.84. The van der Waals surface area contributed by atoms with Gasteiger partial charge in [0.25, 0.3) is 0 Å². The molecule has 3 rings (SSSR count). The minimum Gasteiger partial charge on any atom is -0.505 e. The number of hydrogen-bond acceptors (Lipinski definition) is 3. The second kappa shape index (κ2) is 5.64. The second-order valence-electron chi connectivity index (χ2n) is 6.08. The van der Waals surface area contributed by atoms with Crippen LogP contribution in [-0.4, -0.2) is 47.5 Å². The predicted molar refractivity (Wildman–Crippen MR) is 77.4 cm³/mol.